The second kappa shape index (κ2) is 10.3. The van der Waals surface area contributed by atoms with Crippen LogP contribution in [0.4, 0.5) is 0 Å². The lowest BCUT2D eigenvalue weighted by Gasteiger charge is -2.06. The number of carbonyl (C=O) groups excluding carboxylic acids is 2. The van der Waals surface area contributed by atoms with Gasteiger partial charge in [-0.25, -0.2) is 5.43 Å². The molecule has 7 nitrogen and oxygen atoms in total. The standard InChI is InChI=1S/C19H20BrN3O4/c1-3-27-16-7-4-13(5-8-16)19(25)21-12-18(24)23-22-11-14-10-15(20)6-9-17(14)26-2/h4-11H,3,12H2,1-2H3,(H,21,25)(H,23,24). The van der Waals surface area contributed by atoms with Crippen LogP contribution in [0.3, 0.4) is 0 Å². The second-order valence-corrected chi connectivity index (χ2v) is 6.24. The van der Waals surface area contributed by atoms with Crippen LogP contribution in [-0.2, 0) is 4.79 Å². The van der Waals surface area contributed by atoms with Gasteiger partial charge in [-0.3, -0.25) is 9.59 Å². The molecule has 142 valence electrons. The first-order valence-corrected chi connectivity index (χ1v) is 8.99. The number of carbonyl (C=O) groups is 2. The first kappa shape index (κ1) is 20.4. The summed E-state index contributed by atoms with van der Waals surface area (Å²) in [5, 5.41) is 6.41. The fourth-order valence-corrected chi connectivity index (χ4v) is 2.53. The van der Waals surface area contributed by atoms with Gasteiger partial charge < -0.3 is 14.8 Å². The summed E-state index contributed by atoms with van der Waals surface area (Å²) in [5.74, 6) is 0.509. The van der Waals surface area contributed by atoms with Crippen molar-refractivity contribution in [3.05, 3.63) is 58.1 Å². The van der Waals surface area contributed by atoms with E-state index in [4.69, 9.17) is 9.47 Å². The summed E-state index contributed by atoms with van der Waals surface area (Å²) in [6.45, 7) is 2.24. The Kier molecular flexibility index (Phi) is 7.81. The number of nitrogens with one attached hydrogen (secondary N) is 2. The van der Waals surface area contributed by atoms with E-state index in [0.717, 1.165) is 4.47 Å². The van der Waals surface area contributed by atoms with Gasteiger partial charge >= 0.3 is 0 Å². The molecule has 0 fully saturated rings. The number of hydrazone groups is 1. The van der Waals surface area contributed by atoms with Gasteiger partial charge in [-0.15, -0.1) is 0 Å². The molecule has 0 aliphatic carbocycles. The predicted octanol–water partition coefficient (Wildman–Crippen LogP) is 2.74. The number of hydrogen-bond donors (Lipinski definition) is 2. The predicted molar refractivity (Wildman–Crippen MR) is 106 cm³/mol. The van der Waals surface area contributed by atoms with Crippen molar-refractivity contribution in [3.8, 4) is 11.5 Å². The zero-order valence-electron chi connectivity index (χ0n) is 15.0. The van der Waals surface area contributed by atoms with E-state index in [0.29, 0.717) is 29.2 Å². The molecular formula is C19H20BrN3O4. The maximum absolute atomic E-state index is 12.0. The summed E-state index contributed by atoms with van der Waals surface area (Å²) >= 11 is 3.36. The molecule has 0 bridgehead atoms. The third-order valence-corrected chi connectivity index (χ3v) is 3.91. The van der Waals surface area contributed by atoms with Crippen molar-refractivity contribution in [1.29, 1.82) is 0 Å². The van der Waals surface area contributed by atoms with Crippen LogP contribution in [0.2, 0.25) is 0 Å². The van der Waals surface area contributed by atoms with E-state index in [9.17, 15) is 9.59 Å². The number of benzene rings is 2. The van der Waals surface area contributed by atoms with Crippen molar-refractivity contribution >= 4 is 34.0 Å². The molecule has 2 N–H and O–H groups in total. The van der Waals surface area contributed by atoms with E-state index in [1.54, 1.807) is 37.4 Å². The molecule has 0 atom stereocenters. The van der Waals surface area contributed by atoms with Gasteiger partial charge in [-0.1, -0.05) is 15.9 Å². The minimum atomic E-state index is -0.445. The topological polar surface area (TPSA) is 89.0 Å². The monoisotopic (exact) mass is 433 g/mol. The van der Waals surface area contributed by atoms with E-state index >= 15 is 0 Å². The van der Waals surface area contributed by atoms with E-state index in [1.807, 2.05) is 19.1 Å². The van der Waals surface area contributed by atoms with Gasteiger partial charge in [0.1, 0.15) is 11.5 Å². The van der Waals surface area contributed by atoms with Crippen LogP contribution in [0.15, 0.2) is 52.0 Å². The Morgan fingerprint density at radius 3 is 2.59 bits per heavy atom. The molecular weight excluding hydrogens is 414 g/mol. The summed E-state index contributed by atoms with van der Waals surface area (Å²) in [6, 6.07) is 12.1. The summed E-state index contributed by atoms with van der Waals surface area (Å²) < 4.78 is 11.4. The van der Waals surface area contributed by atoms with Gasteiger partial charge in [0, 0.05) is 15.6 Å². The van der Waals surface area contributed by atoms with Gasteiger partial charge in [0.15, 0.2) is 0 Å². The normalized spacial score (nSPS) is 10.5. The number of halogens is 1. The van der Waals surface area contributed by atoms with E-state index in [2.05, 4.69) is 31.8 Å². The van der Waals surface area contributed by atoms with Gasteiger partial charge in [-0.05, 0) is 49.4 Å². The maximum Gasteiger partial charge on any atom is 0.259 e. The molecule has 8 heteroatoms. The van der Waals surface area contributed by atoms with Crippen LogP contribution in [0.5, 0.6) is 11.5 Å². The first-order valence-electron chi connectivity index (χ1n) is 8.20. The lowest BCUT2D eigenvalue weighted by Crippen LogP contribution is -2.34. The van der Waals surface area contributed by atoms with Gasteiger partial charge in [-0.2, -0.15) is 5.10 Å². The third kappa shape index (κ3) is 6.41. The molecule has 0 aliphatic heterocycles. The summed E-state index contributed by atoms with van der Waals surface area (Å²) in [4.78, 5) is 23.9. The highest BCUT2D eigenvalue weighted by Gasteiger charge is 2.08. The molecule has 2 aromatic carbocycles. The Bertz CT molecular complexity index is 822. The van der Waals surface area contributed by atoms with Gasteiger partial charge in [0.25, 0.3) is 11.8 Å². The SMILES string of the molecule is CCOc1ccc(C(=O)NCC(=O)NN=Cc2cc(Br)ccc2OC)cc1. The van der Waals surface area contributed by atoms with Crippen molar-refractivity contribution in [2.45, 2.75) is 6.92 Å². The molecule has 0 aromatic heterocycles. The fraction of sp³-hybridized carbons (Fsp3) is 0.211. The third-order valence-electron chi connectivity index (χ3n) is 3.42. The molecule has 2 aromatic rings. The molecule has 0 radical (unpaired) electrons. The number of ether oxygens (including phenoxy) is 2. The van der Waals surface area contributed by atoms with E-state index < -0.39 is 5.91 Å². The Morgan fingerprint density at radius 2 is 1.93 bits per heavy atom. The van der Waals surface area contributed by atoms with Crippen molar-refractivity contribution in [2.24, 2.45) is 5.10 Å². The van der Waals surface area contributed by atoms with Crippen LogP contribution >= 0.6 is 15.9 Å². The van der Waals surface area contributed by atoms with E-state index in [-0.39, 0.29) is 12.5 Å². The highest BCUT2D eigenvalue weighted by molar-refractivity contribution is 9.10. The Morgan fingerprint density at radius 1 is 1.19 bits per heavy atom. The van der Waals surface area contributed by atoms with Crippen LogP contribution in [0.1, 0.15) is 22.8 Å². The van der Waals surface area contributed by atoms with Crippen molar-refractivity contribution < 1.29 is 19.1 Å². The van der Waals surface area contributed by atoms with Crippen molar-refractivity contribution in [1.82, 2.24) is 10.7 Å². The number of hydrogen-bond acceptors (Lipinski definition) is 5. The van der Waals surface area contributed by atoms with Crippen LogP contribution in [0, 0.1) is 0 Å². The molecule has 0 saturated carbocycles. The quantitative estimate of drug-likeness (QED) is 0.494. The lowest BCUT2D eigenvalue weighted by molar-refractivity contribution is -0.120. The smallest absolute Gasteiger partial charge is 0.259 e. The zero-order valence-corrected chi connectivity index (χ0v) is 16.6. The number of methoxy groups -OCH3 is 1. The zero-order chi connectivity index (χ0) is 19.6. The highest BCUT2D eigenvalue weighted by atomic mass is 79.9. The largest absolute Gasteiger partial charge is 0.496 e. The van der Waals surface area contributed by atoms with Crippen molar-refractivity contribution in [3.63, 3.8) is 0 Å². The first-order chi connectivity index (χ1) is 13.0. The molecule has 27 heavy (non-hydrogen) atoms. The maximum atomic E-state index is 12.0. The minimum Gasteiger partial charge on any atom is -0.496 e. The average molecular weight is 434 g/mol. The molecule has 0 saturated heterocycles. The molecule has 0 unspecified atom stereocenters. The number of nitrogens with zero attached hydrogens (tertiary/aromatic N) is 1. The Labute approximate surface area is 165 Å². The van der Waals surface area contributed by atoms with Crippen LogP contribution in [0.25, 0.3) is 0 Å². The molecule has 0 heterocycles. The molecule has 0 spiro atoms. The molecule has 0 aliphatic rings. The van der Waals surface area contributed by atoms with Gasteiger partial charge in [0.05, 0.1) is 26.5 Å². The minimum absolute atomic E-state index is 0.195. The van der Waals surface area contributed by atoms with E-state index in [1.165, 1.54) is 6.21 Å². The Hall–Kier alpha value is -2.87. The summed E-state index contributed by atoms with van der Waals surface area (Å²) in [5.41, 5.74) is 3.50. The molecule has 2 rings (SSSR count). The Balaban J connectivity index is 1.83. The summed E-state index contributed by atoms with van der Waals surface area (Å²) in [7, 11) is 1.55. The number of rotatable bonds is 8. The van der Waals surface area contributed by atoms with Crippen LogP contribution < -0.4 is 20.2 Å². The lowest BCUT2D eigenvalue weighted by atomic mass is 10.2. The fourth-order valence-electron chi connectivity index (χ4n) is 2.15. The number of amides is 2. The van der Waals surface area contributed by atoms with Crippen molar-refractivity contribution in [2.75, 3.05) is 20.3 Å². The highest BCUT2D eigenvalue weighted by Crippen LogP contribution is 2.21. The van der Waals surface area contributed by atoms with Gasteiger partial charge in [0.2, 0.25) is 0 Å². The summed E-state index contributed by atoms with van der Waals surface area (Å²) in [6.07, 6.45) is 1.47. The van der Waals surface area contributed by atoms with Crippen LogP contribution in [-0.4, -0.2) is 38.3 Å². The second-order valence-electron chi connectivity index (χ2n) is 5.32. The average Bonchev–Trinajstić information content (AvgIpc) is 2.67. The molecule has 2 amide bonds.